The lowest BCUT2D eigenvalue weighted by atomic mass is 10.0. The van der Waals surface area contributed by atoms with Gasteiger partial charge in [-0.15, -0.1) is 0 Å². The quantitative estimate of drug-likeness (QED) is 0.827. The summed E-state index contributed by atoms with van der Waals surface area (Å²) < 4.78 is 10.9. The summed E-state index contributed by atoms with van der Waals surface area (Å²) in [7, 11) is 1.65. The number of hydrogen-bond acceptors (Lipinski definition) is 3. The van der Waals surface area contributed by atoms with Crippen LogP contribution in [-0.2, 0) is 6.42 Å². The number of halogens is 1. The lowest BCUT2D eigenvalue weighted by molar-refractivity contribution is 0.355. The van der Waals surface area contributed by atoms with Crippen LogP contribution in [-0.4, -0.2) is 19.8 Å². The van der Waals surface area contributed by atoms with Gasteiger partial charge in [0.15, 0.2) is 0 Å². The van der Waals surface area contributed by atoms with Gasteiger partial charge in [-0.2, -0.15) is 0 Å². The van der Waals surface area contributed by atoms with Crippen molar-refractivity contribution >= 4 is 11.6 Å². The second-order valence-electron chi connectivity index (χ2n) is 4.02. The molecule has 0 fully saturated rings. The van der Waals surface area contributed by atoms with Crippen molar-refractivity contribution in [2.24, 2.45) is 5.73 Å². The average molecular weight is 270 g/mol. The maximum absolute atomic E-state index is 5.99. The summed E-state index contributed by atoms with van der Waals surface area (Å²) in [6.45, 7) is 2.52. The Bertz CT molecular complexity index is 393. The van der Waals surface area contributed by atoms with Crippen LogP contribution in [0.4, 0.5) is 0 Å². The molecule has 1 rings (SSSR count). The van der Waals surface area contributed by atoms with Crippen LogP contribution >= 0.6 is 11.6 Å². The van der Waals surface area contributed by atoms with Crippen LogP contribution in [0.15, 0.2) is 29.8 Å². The second kappa shape index (κ2) is 8.01. The highest BCUT2D eigenvalue weighted by Crippen LogP contribution is 2.25. The highest BCUT2D eigenvalue weighted by Gasteiger charge is 2.09. The first kappa shape index (κ1) is 14.9. The van der Waals surface area contributed by atoms with Crippen LogP contribution in [0, 0.1) is 0 Å². The highest BCUT2D eigenvalue weighted by molar-refractivity contribution is 6.25. The monoisotopic (exact) mass is 269 g/mol. The summed E-state index contributed by atoms with van der Waals surface area (Å²) in [5.74, 6) is 1.64. The molecule has 100 valence electrons. The van der Waals surface area contributed by atoms with E-state index in [-0.39, 0.29) is 6.04 Å². The third kappa shape index (κ3) is 4.59. The van der Waals surface area contributed by atoms with E-state index in [1.807, 2.05) is 18.2 Å². The predicted octanol–water partition coefficient (Wildman–Crippen LogP) is 3.11. The van der Waals surface area contributed by atoms with Crippen molar-refractivity contribution in [2.45, 2.75) is 25.8 Å². The molecule has 4 heteroatoms. The minimum atomic E-state index is 0.128. The Morgan fingerprint density at radius 1 is 1.44 bits per heavy atom. The van der Waals surface area contributed by atoms with E-state index >= 15 is 0 Å². The first-order valence-corrected chi connectivity index (χ1v) is 6.45. The van der Waals surface area contributed by atoms with Gasteiger partial charge < -0.3 is 15.2 Å². The summed E-state index contributed by atoms with van der Waals surface area (Å²) in [4.78, 5) is 0. The minimum Gasteiger partial charge on any atom is -0.497 e. The number of hydrogen-bond donors (Lipinski definition) is 1. The van der Waals surface area contributed by atoms with Crippen molar-refractivity contribution in [3.63, 3.8) is 0 Å². The van der Waals surface area contributed by atoms with Crippen LogP contribution in [0.2, 0.25) is 0 Å². The van der Waals surface area contributed by atoms with Crippen molar-refractivity contribution in [3.05, 3.63) is 35.4 Å². The molecule has 0 heterocycles. The number of ether oxygens (including phenoxy) is 2. The largest absolute Gasteiger partial charge is 0.497 e. The molecule has 1 aromatic rings. The Morgan fingerprint density at radius 3 is 2.83 bits per heavy atom. The summed E-state index contributed by atoms with van der Waals surface area (Å²) in [6, 6.07) is 5.87. The smallest absolute Gasteiger partial charge is 0.123 e. The second-order valence-corrected chi connectivity index (χ2v) is 4.27. The van der Waals surface area contributed by atoms with Gasteiger partial charge in [-0.25, -0.2) is 0 Å². The van der Waals surface area contributed by atoms with Gasteiger partial charge in [0.05, 0.1) is 7.11 Å². The number of nitrogens with two attached hydrogens (primary N) is 1. The molecular weight excluding hydrogens is 250 g/mol. The van der Waals surface area contributed by atoms with Crippen molar-refractivity contribution < 1.29 is 9.47 Å². The normalized spacial score (nSPS) is 12.7. The van der Waals surface area contributed by atoms with Crippen LogP contribution < -0.4 is 15.2 Å². The molecular formula is C14H20ClNO2. The molecule has 0 bridgehead atoms. The van der Waals surface area contributed by atoms with Gasteiger partial charge in [0, 0.05) is 11.6 Å². The van der Waals surface area contributed by atoms with Gasteiger partial charge >= 0.3 is 0 Å². The molecule has 0 aliphatic rings. The maximum atomic E-state index is 5.99. The lowest BCUT2D eigenvalue weighted by Gasteiger charge is -2.14. The van der Waals surface area contributed by atoms with E-state index in [0.29, 0.717) is 6.61 Å². The predicted molar refractivity (Wildman–Crippen MR) is 75.5 cm³/mol. The molecule has 0 saturated heterocycles. The fourth-order valence-corrected chi connectivity index (χ4v) is 1.66. The van der Waals surface area contributed by atoms with E-state index in [9.17, 15) is 0 Å². The van der Waals surface area contributed by atoms with Crippen molar-refractivity contribution in [3.8, 4) is 11.5 Å². The first-order chi connectivity index (χ1) is 8.71. The molecule has 2 N–H and O–H groups in total. The number of benzene rings is 1. The molecule has 1 atom stereocenters. The number of rotatable bonds is 7. The molecule has 18 heavy (non-hydrogen) atoms. The molecule has 1 unspecified atom stereocenters. The van der Waals surface area contributed by atoms with Gasteiger partial charge in [-0.05, 0) is 42.7 Å². The molecule has 0 spiro atoms. The van der Waals surface area contributed by atoms with Gasteiger partial charge in [0.2, 0.25) is 0 Å². The van der Waals surface area contributed by atoms with E-state index in [2.05, 4.69) is 6.92 Å². The number of methoxy groups -OCH3 is 1. The maximum Gasteiger partial charge on any atom is 0.123 e. The van der Waals surface area contributed by atoms with E-state index in [1.54, 1.807) is 13.2 Å². The zero-order chi connectivity index (χ0) is 13.4. The molecule has 0 saturated carbocycles. The zero-order valence-corrected chi connectivity index (χ0v) is 11.6. The van der Waals surface area contributed by atoms with Gasteiger partial charge in [-0.3, -0.25) is 0 Å². The van der Waals surface area contributed by atoms with Crippen LogP contribution in [0.1, 0.15) is 18.9 Å². The molecule has 0 aliphatic heterocycles. The SMILES string of the molecule is CCC(N)Cc1cc(OC)ccc1OC/C=C/Cl. The standard InChI is InChI=1S/C14H20ClNO2/c1-3-12(16)9-11-10-13(17-2)5-6-14(11)18-8-4-7-15/h4-7,10,12H,3,8-9,16H2,1-2H3/b7-4+. The zero-order valence-electron chi connectivity index (χ0n) is 10.9. The Morgan fingerprint density at radius 2 is 2.22 bits per heavy atom. The minimum absolute atomic E-state index is 0.128. The fourth-order valence-electron chi connectivity index (χ4n) is 1.58. The lowest BCUT2D eigenvalue weighted by Crippen LogP contribution is -2.21. The van der Waals surface area contributed by atoms with Crippen LogP contribution in [0.3, 0.4) is 0 Å². The highest BCUT2D eigenvalue weighted by atomic mass is 35.5. The van der Waals surface area contributed by atoms with Crippen molar-refractivity contribution in [2.75, 3.05) is 13.7 Å². The average Bonchev–Trinajstić information content (AvgIpc) is 2.40. The van der Waals surface area contributed by atoms with Crippen LogP contribution in [0.5, 0.6) is 11.5 Å². The molecule has 0 amide bonds. The first-order valence-electron chi connectivity index (χ1n) is 6.01. The summed E-state index contributed by atoms with van der Waals surface area (Å²) >= 11 is 5.46. The van der Waals surface area contributed by atoms with Crippen molar-refractivity contribution in [1.29, 1.82) is 0 Å². The van der Waals surface area contributed by atoms with Gasteiger partial charge in [0.25, 0.3) is 0 Å². The summed E-state index contributed by atoms with van der Waals surface area (Å²) in [6.07, 6.45) is 3.45. The Labute approximate surface area is 114 Å². The molecule has 1 aromatic carbocycles. The van der Waals surface area contributed by atoms with Crippen LogP contribution in [0.25, 0.3) is 0 Å². The third-order valence-electron chi connectivity index (χ3n) is 2.70. The van der Waals surface area contributed by atoms with Crippen molar-refractivity contribution in [1.82, 2.24) is 0 Å². The van der Waals surface area contributed by atoms with E-state index in [4.69, 9.17) is 26.8 Å². The van der Waals surface area contributed by atoms with Gasteiger partial charge in [-0.1, -0.05) is 18.5 Å². The topological polar surface area (TPSA) is 44.5 Å². The molecule has 3 nitrogen and oxygen atoms in total. The van der Waals surface area contributed by atoms with E-state index in [0.717, 1.165) is 29.9 Å². The van der Waals surface area contributed by atoms with E-state index < -0.39 is 0 Å². The van der Waals surface area contributed by atoms with Gasteiger partial charge in [0.1, 0.15) is 18.1 Å². The molecule has 0 aliphatic carbocycles. The molecule has 0 radical (unpaired) electrons. The molecule has 0 aromatic heterocycles. The Hall–Kier alpha value is -1.19. The van der Waals surface area contributed by atoms with E-state index in [1.165, 1.54) is 5.54 Å². The summed E-state index contributed by atoms with van der Waals surface area (Å²) in [5, 5.41) is 0. The fraction of sp³-hybridized carbons (Fsp3) is 0.429. The summed E-state index contributed by atoms with van der Waals surface area (Å²) in [5.41, 5.74) is 8.50. The third-order valence-corrected chi connectivity index (χ3v) is 2.88. The Kier molecular flexibility index (Phi) is 6.61. The Balaban J connectivity index is 2.85.